The Morgan fingerprint density at radius 3 is 2.32 bits per heavy atom. The van der Waals surface area contributed by atoms with Gasteiger partial charge in [0.25, 0.3) is 5.91 Å². The van der Waals surface area contributed by atoms with Crippen LogP contribution in [0, 0.1) is 0 Å². The zero-order valence-corrected chi connectivity index (χ0v) is 23.6. The molecular formula is C27H37N5O5S. The highest BCUT2D eigenvalue weighted by atomic mass is 32.2. The van der Waals surface area contributed by atoms with Crippen LogP contribution < -0.4 is 14.4 Å². The van der Waals surface area contributed by atoms with Gasteiger partial charge < -0.3 is 19.3 Å². The summed E-state index contributed by atoms with van der Waals surface area (Å²) in [5.41, 5.74) is 3.34. The van der Waals surface area contributed by atoms with Gasteiger partial charge in [0, 0.05) is 45.5 Å². The lowest BCUT2D eigenvalue weighted by Crippen LogP contribution is -2.50. The summed E-state index contributed by atoms with van der Waals surface area (Å²) >= 11 is 0. The maximum absolute atomic E-state index is 13.4. The molecule has 1 aromatic carbocycles. The highest BCUT2D eigenvalue weighted by Gasteiger charge is 2.28. The van der Waals surface area contributed by atoms with Crippen LogP contribution in [-0.4, -0.2) is 85.6 Å². The summed E-state index contributed by atoms with van der Waals surface area (Å²) < 4.78 is 38.7. The summed E-state index contributed by atoms with van der Waals surface area (Å²) in [5.74, 6) is 2.27. The Labute approximate surface area is 224 Å². The molecule has 2 aromatic heterocycles. The van der Waals surface area contributed by atoms with Crippen LogP contribution in [0.5, 0.6) is 11.5 Å². The van der Waals surface area contributed by atoms with Crippen molar-refractivity contribution in [2.24, 2.45) is 0 Å². The lowest BCUT2D eigenvalue weighted by atomic mass is 10.1. The van der Waals surface area contributed by atoms with Gasteiger partial charge in [-0.05, 0) is 50.1 Å². The molecule has 3 heterocycles. The van der Waals surface area contributed by atoms with Crippen LogP contribution in [0.3, 0.4) is 0 Å². The molecule has 0 unspecified atom stereocenters. The lowest BCUT2D eigenvalue weighted by Gasteiger charge is -2.33. The van der Waals surface area contributed by atoms with Gasteiger partial charge in [-0.3, -0.25) is 9.20 Å². The standard InChI is InChI=1S/C27H37N5O5S/c1-6-22-26(29(7-2)18-20-9-11-23(36-4)24(17-20)37-5)32-19-21(10-12-25(32)28-22)27(33)30-13-15-31(16-14-30)38(34,35)8-3/h9-12,17,19H,6-8,13-16,18H2,1-5H3. The van der Waals surface area contributed by atoms with Gasteiger partial charge in [0.15, 0.2) is 11.5 Å². The number of carbonyl (C=O) groups is 1. The Morgan fingerprint density at radius 2 is 1.71 bits per heavy atom. The van der Waals surface area contributed by atoms with Gasteiger partial charge in [-0.2, -0.15) is 4.31 Å². The van der Waals surface area contributed by atoms with E-state index in [0.29, 0.717) is 49.8 Å². The molecule has 38 heavy (non-hydrogen) atoms. The molecule has 3 aromatic rings. The number of pyridine rings is 1. The van der Waals surface area contributed by atoms with Crippen molar-refractivity contribution < 1.29 is 22.7 Å². The van der Waals surface area contributed by atoms with Crippen molar-refractivity contribution >= 4 is 27.4 Å². The number of amides is 1. The maximum Gasteiger partial charge on any atom is 0.255 e. The van der Waals surface area contributed by atoms with E-state index >= 15 is 0 Å². The number of hydrogen-bond acceptors (Lipinski definition) is 7. The van der Waals surface area contributed by atoms with Gasteiger partial charge >= 0.3 is 0 Å². The van der Waals surface area contributed by atoms with Gasteiger partial charge in [-0.1, -0.05) is 13.0 Å². The SMILES string of the molecule is CCc1nc2ccc(C(=O)N3CCN(S(=O)(=O)CC)CC3)cn2c1N(CC)Cc1ccc(OC)c(OC)c1. The molecule has 4 rings (SSSR count). The third-order valence-corrected chi connectivity index (χ3v) is 8.91. The molecule has 1 amide bonds. The fraction of sp³-hybridized carbons (Fsp3) is 0.481. The Bertz CT molecular complexity index is 1400. The fourth-order valence-electron chi connectivity index (χ4n) is 4.85. The number of aryl methyl sites for hydroxylation is 1. The third kappa shape index (κ3) is 5.44. The van der Waals surface area contributed by atoms with Gasteiger partial charge in [-0.25, -0.2) is 13.4 Å². The predicted molar refractivity (Wildman–Crippen MR) is 148 cm³/mol. The molecule has 1 aliphatic rings. The summed E-state index contributed by atoms with van der Waals surface area (Å²) in [4.78, 5) is 22.2. The Hall–Kier alpha value is -3.31. The van der Waals surface area contributed by atoms with Gasteiger partial charge in [-0.15, -0.1) is 0 Å². The number of hydrogen-bond donors (Lipinski definition) is 0. The number of anilines is 1. The van der Waals surface area contributed by atoms with Gasteiger partial charge in [0.1, 0.15) is 11.5 Å². The van der Waals surface area contributed by atoms with Crippen LogP contribution in [-0.2, 0) is 23.0 Å². The monoisotopic (exact) mass is 543 g/mol. The Balaban J connectivity index is 1.62. The number of carbonyl (C=O) groups excluding carboxylic acids is 1. The van der Waals surface area contributed by atoms with Crippen LogP contribution in [0.1, 0.15) is 42.4 Å². The van der Waals surface area contributed by atoms with E-state index in [1.807, 2.05) is 34.9 Å². The number of imidazole rings is 1. The summed E-state index contributed by atoms with van der Waals surface area (Å²) in [7, 11) is -0.0101. The second-order valence-electron chi connectivity index (χ2n) is 9.18. The minimum Gasteiger partial charge on any atom is -0.493 e. The van der Waals surface area contributed by atoms with E-state index in [0.717, 1.165) is 35.7 Å². The molecule has 10 nitrogen and oxygen atoms in total. The van der Waals surface area contributed by atoms with E-state index in [4.69, 9.17) is 14.5 Å². The highest BCUT2D eigenvalue weighted by Crippen LogP contribution is 2.30. The van der Waals surface area contributed by atoms with Gasteiger partial charge in [0.05, 0.1) is 31.2 Å². The first-order chi connectivity index (χ1) is 18.3. The molecule has 0 saturated carbocycles. The minimum absolute atomic E-state index is 0.0675. The average molecular weight is 544 g/mol. The summed E-state index contributed by atoms with van der Waals surface area (Å²) in [5, 5.41) is 0. The second-order valence-corrected chi connectivity index (χ2v) is 11.4. The number of aromatic nitrogens is 2. The number of piperazine rings is 1. The largest absolute Gasteiger partial charge is 0.493 e. The molecule has 1 fully saturated rings. The molecule has 0 bridgehead atoms. The van der Waals surface area contributed by atoms with Crippen LogP contribution >= 0.6 is 0 Å². The van der Waals surface area contributed by atoms with Crippen molar-refractivity contribution in [2.45, 2.75) is 33.7 Å². The van der Waals surface area contributed by atoms with Crippen LogP contribution in [0.15, 0.2) is 36.5 Å². The van der Waals surface area contributed by atoms with E-state index in [1.165, 1.54) is 4.31 Å². The van der Waals surface area contributed by atoms with Crippen LogP contribution in [0.2, 0.25) is 0 Å². The minimum atomic E-state index is -3.25. The normalized spacial score (nSPS) is 14.6. The van der Waals surface area contributed by atoms with Gasteiger partial charge in [0.2, 0.25) is 10.0 Å². The van der Waals surface area contributed by atoms with Crippen molar-refractivity contribution in [3.63, 3.8) is 0 Å². The molecule has 0 N–H and O–H groups in total. The molecule has 206 valence electrons. The number of benzene rings is 1. The molecule has 0 radical (unpaired) electrons. The maximum atomic E-state index is 13.4. The molecule has 1 aliphatic heterocycles. The van der Waals surface area contributed by atoms with E-state index in [-0.39, 0.29) is 11.7 Å². The van der Waals surface area contributed by atoms with Crippen molar-refractivity contribution in [1.29, 1.82) is 0 Å². The summed E-state index contributed by atoms with van der Waals surface area (Å²) in [6.07, 6.45) is 2.60. The fourth-order valence-corrected chi connectivity index (χ4v) is 5.93. The first-order valence-corrected chi connectivity index (χ1v) is 14.6. The number of sulfonamides is 1. The number of methoxy groups -OCH3 is 2. The van der Waals surface area contributed by atoms with E-state index in [1.54, 1.807) is 32.1 Å². The number of nitrogens with zero attached hydrogens (tertiary/aromatic N) is 5. The lowest BCUT2D eigenvalue weighted by molar-refractivity contribution is 0.0697. The van der Waals surface area contributed by atoms with Crippen molar-refractivity contribution in [2.75, 3.05) is 57.6 Å². The van der Waals surface area contributed by atoms with Crippen LogP contribution in [0.4, 0.5) is 5.82 Å². The molecule has 1 saturated heterocycles. The van der Waals surface area contributed by atoms with Crippen LogP contribution in [0.25, 0.3) is 5.65 Å². The predicted octanol–water partition coefficient (Wildman–Crippen LogP) is 3.05. The smallest absolute Gasteiger partial charge is 0.255 e. The third-order valence-electron chi connectivity index (χ3n) is 7.03. The zero-order chi connectivity index (χ0) is 27.4. The molecule has 0 atom stereocenters. The number of fused-ring (bicyclic) bond motifs is 1. The number of rotatable bonds is 10. The highest BCUT2D eigenvalue weighted by molar-refractivity contribution is 7.89. The Kier molecular flexibility index (Phi) is 8.47. The number of ether oxygens (including phenoxy) is 2. The summed E-state index contributed by atoms with van der Waals surface area (Å²) in [6, 6.07) is 9.57. The second kappa shape index (κ2) is 11.6. The first kappa shape index (κ1) is 27.7. The van der Waals surface area contributed by atoms with E-state index < -0.39 is 10.0 Å². The van der Waals surface area contributed by atoms with Crippen molar-refractivity contribution in [3.05, 3.63) is 53.3 Å². The molecular weight excluding hydrogens is 506 g/mol. The van der Waals surface area contributed by atoms with E-state index in [9.17, 15) is 13.2 Å². The molecule has 0 aliphatic carbocycles. The molecule has 0 spiro atoms. The average Bonchev–Trinajstić information content (AvgIpc) is 3.33. The Morgan fingerprint density at radius 1 is 1.00 bits per heavy atom. The van der Waals surface area contributed by atoms with Crippen molar-refractivity contribution in [3.8, 4) is 11.5 Å². The topological polar surface area (TPSA) is 96.7 Å². The summed E-state index contributed by atoms with van der Waals surface area (Å²) in [6.45, 7) is 8.54. The quantitative estimate of drug-likeness (QED) is 0.388. The van der Waals surface area contributed by atoms with E-state index in [2.05, 4.69) is 18.7 Å². The molecule has 11 heteroatoms. The zero-order valence-electron chi connectivity index (χ0n) is 22.8. The first-order valence-electron chi connectivity index (χ1n) is 13.0. The van der Waals surface area contributed by atoms with Crippen molar-refractivity contribution in [1.82, 2.24) is 18.6 Å².